The molecule has 0 saturated carbocycles. The van der Waals surface area contributed by atoms with Crippen molar-refractivity contribution in [3.05, 3.63) is 50.0 Å². The highest BCUT2D eigenvalue weighted by Gasteiger charge is 2.14. The lowest BCUT2D eigenvalue weighted by Crippen LogP contribution is -2.05. The van der Waals surface area contributed by atoms with Gasteiger partial charge in [-0.1, -0.05) is 28.4 Å². The molecule has 3 aromatic rings. The SMILES string of the molecule is Cc1nn(CCc2nc(-c3ccc(Cl)cc3Cl)no2)c(C)c1Br. The van der Waals surface area contributed by atoms with E-state index in [-0.39, 0.29) is 0 Å². The normalized spacial score (nSPS) is 11.2. The Labute approximate surface area is 151 Å². The molecule has 120 valence electrons. The third kappa shape index (κ3) is 3.44. The van der Waals surface area contributed by atoms with E-state index in [4.69, 9.17) is 27.7 Å². The number of rotatable bonds is 4. The van der Waals surface area contributed by atoms with Crippen molar-refractivity contribution in [3.8, 4) is 11.4 Å². The predicted octanol–water partition coefficient (Wildman–Crippen LogP) is 4.86. The van der Waals surface area contributed by atoms with Gasteiger partial charge in [-0.25, -0.2) is 0 Å². The van der Waals surface area contributed by atoms with Crippen molar-refractivity contribution in [2.24, 2.45) is 0 Å². The highest BCUT2D eigenvalue weighted by molar-refractivity contribution is 9.10. The Morgan fingerprint density at radius 2 is 2.04 bits per heavy atom. The highest BCUT2D eigenvalue weighted by Crippen LogP contribution is 2.28. The summed E-state index contributed by atoms with van der Waals surface area (Å²) in [6.45, 7) is 4.63. The van der Waals surface area contributed by atoms with E-state index >= 15 is 0 Å². The number of halogens is 3. The molecule has 0 spiro atoms. The first-order valence-electron chi connectivity index (χ1n) is 6.93. The minimum atomic E-state index is 0.455. The van der Waals surface area contributed by atoms with Crippen LogP contribution in [0, 0.1) is 13.8 Å². The summed E-state index contributed by atoms with van der Waals surface area (Å²) in [7, 11) is 0. The van der Waals surface area contributed by atoms with Gasteiger partial charge in [0.25, 0.3) is 0 Å². The van der Waals surface area contributed by atoms with Crippen LogP contribution in [0.5, 0.6) is 0 Å². The van der Waals surface area contributed by atoms with Crippen molar-refractivity contribution in [2.45, 2.75) is 26.8 Å². The zero-order valence-corrected chi connectivity index (χ0v) is 15.6. The topological polar surface area (TPSA) is 56.7 Å². The fraction of sp³-hybridized carbons (Fsp3) is 0.267. The quantitative estimate of drug-likeness (QED) is 0.610. The second-order valence-electron chi connectivity index (χ2n) is 5.09. The molecular weight excluding hydrogens is 403 g/mol. The Morgan fingerprint density at radius 3 is 2.70 bits per heavy atom. The Morgan fingerprint density at radius 1 is 1.26 bits per heavy atom. The Hall–Kier alpha value is -1.37. The molecule has 1 aromatic carbocycles. The molecule has 0 unspecified atom stereocenters. The van der Waals surface area contributed by atoms with E-state index < -0.39 is 0 Å². The average molecular weight is 416 g/mol. The van der Waals surface area contributed by atoms with Crippen molar-refractivity contribution >= 4 is 39.1 Å². The molecule has 0 amide bonds. The van der Waals surface area contributed by atoms with Gasteiger partial charge in [-0.15, -0.1) is 0 Å². The minimum Gasteiger partial charge on any atom is -0.339 e. The van der Waals surface area contributed by atoms with Crippen LogP contribution in [0.2, 0.25) is 10.0 Å². The van der Waals surface area contributed by atoms with Gasteiger partial charge in [0.05, 0.1) is 21.7 Å². The van der Waals surface area contributed by atoms with Crippen LogP contribution in [0.1, 0.15) is 17.3 Å². The van der Waals surface area contributed by atoms with E-state index in [9.17, 15) is 0 Å². The van der Waals surface area contributed by atoms with Crippen LogP contribution in [0.4, 0.5) is 0 Å². The van der Waals surface area contributed by atoms with Crippen LogP contribution in [-0.2, 0) is 13.0 Å². The summed E-state index contributed by atoms with van der Waals surface area (Å²) in [6.07, 6.45) is 0.590. The molecular formula is C15H13BrCl2N4O. The van der Waals surface area contributed by atoms with Crippen LogP contribution in [0.3, 0.4) is 0 Å². The maximum Gasteiger partial charge on any atom is 0.228 e. The first-order chi connectivity index (χ1) is 11.0. The molecule has 0 bridgehead atoms. The van der Waals surface area contributed by atoms with Crippen LogP contribution in [0.15, 0.2) is 27.2 Å². The third-order valence-electron chi connectivity index (χ3n) is 3.47. The van der Waals surface area contributed by atoms with Gasteiger partial charge in [0, 0.05) is 22.7 Å². The van der Waals surface area contributed by atoms with Crippen LogP contribution in [-0.4, -0.2) is 19.9 Å². The number of aromatic nitrogens is 4. The molecule has 8 heteroatoms. The van der Waals surface area contributed by atoms with Crippen LogP contribution >= 0.6 is 39.1 Å². The first-order valence-corrected chi connectivity index (χ1v) is 8.48. The summed E-state index contributed by atoms with van der Waals surface area (Å²) in [4.78, 5) is 4.39. The van der Waals surface area contributed by atoms with Gasteiger partial charge in [0.1, 0.15) is 0 Å². The molecule has 0 fully saturated rings. The molecule has 23 heavy (non-hydrogen) atoms. The van der Waals surface area contributed by atoms with Gasteiger partial charge >= 0.3 is 0 Å². The van der Waals surface area contributed by atoms with Crippen molar-refractivity contribution < 1.29 is 4.52 Å². The summed E-state index contributed by atoms with van der Waals surface area (Å²) >= 11 is 15.6. The van der Waals surface area contributed by atoms with Gasteiger partial charge in [0.15, 0.2) is 0 Å². The van der Waals surface area contributed by atoms with Crippen LogP contribution in [0.25, 0.3) is 11.4 Å². The average Bonchev–Trinajstić information content (AvgIpc) is 3.06. The molecule has 5 nitrogen and oxygen atoms in total. The largest absolute Gasteiger partial charge is 0.339 e. The molecule has 3 rings (SSSR count). The lowest BCUT2D eigenvalue weighted by molar-refractivity contribution is 0.368. The lowest BCUT2D eigenvalue weighted by Gasteiger charge is -2.01. The zero-order valence-electron chi connectivity index (χ0n) is 12.5. The van der Waals surface area contributed by atoms with Crippen molar-refractivity contribution in [2.75, 3.05) is 0 Å². The van der Waals surface area contributed by atoms with Gasteiger partial charge in [-0.2, -0.15) is 10.1 Å². The van der Waals surface area contributed by atoms with Gasteiger partial charge < -0.3 is 4.52 Å². The Bertz CT molecular complexity index is 859. The molecule has 0 aliphatic heterocycles. The van der Waals surface area contributed by atoms with E-state index in [1.54, 1.807) is 18.2 Å². The second kappa shape index (κ2) is 6.63. The minimum absolute atomic E-state index is 0.455. The van der Waals surface area contributed by atoms with Gasteiger partial charge in [-0.3, -0.25) is 4.68 Å². The predicted molar refractivity (Wildman–Crippen MR) is 92.9 cm³/mol. The molecule has 0 saturated heterocycles. The maximum absolute atomic E-state index is 6.16. The van der Waals surface area contributed by atoms with E-state index in [0.717, 1.165) is 15.9 Å². The summed E-state index contributed by atoms with van der Waals surface area (Å²) in [5.74, 6) is 0.992. The van der Waals surface area contributed by atoms with Gasteiger partial charge in [-0.05, 0) is 48.0 Å². The first kappa shape index (κ1) is 16.5. The smallest absolute Gasteiger partial charge is 0.228 e. The molecule has 2 aromatic heterocycles. The second-order valence-corrected chi connectivity index (χ2v) is 6.73. The Balaban J connectivity index is 1.76. The third-order valence-corrected chi connectivity index (χ3v) is 5.17. The van der Waals surface area contributed by atoms with Gasteiger partial charge in [0.2, 0.25) is 11.7 Å². The number of aryl methyl sites for hydroxylation is 3. The monoisotopic (exact) mass is 414 g/mol. The van der Waals surface area contributed by atoms with E-state index in [2.05, 4.69) is 31.2 Å². The van der Waals surface area contributed by atoms with E-state index in [0.29, 0.717) is 40.3 Å². The summed E-state index contributed by atoms with van der Waals surface area (Å²) in [6, 6.07) is 5.17. The molecule has 0 aliphatic rings. The Kier molecular flexibility index (Phi) is 4.75. The fourth-order valence-electron chi connectivity index (χ4n) is 2.23. The van der Waals surface area contributed by atoms with E-state index in [1.165, 1.54) is 0 Å². The summed E-state index contributed by atoms with van der Waals surface area (Å²) in [5, 5.41) is 9.50. The summed E-state index contributed by atoms with van der Waals surface area (Å²) < 4.78 is 8.24. The van der Waals surface area contributed by atoms with Crippen LogP contribution < -0.4 is 0 Å². The molecule has 0 aliphatic carbocycles. The van der Waals surface area contributed by atoms with Crippen molar-refractivity contribution in [3.63, 3.8) is 0 Å². The molecule has 2 heterocycles. The molecule has 0 N–H and O–H groups in total. The highest BCUT2D eigenvalue weighted by atomic mass is 79.9. The summed E-state index contributed by atoms with van der Waals surface area (Å²) in [5.41, 5.74) is 2.73. The van der Waals surface area contributed by atoms with Crippen molar-refractivity contribution in [1.82, 2.24) is 19.9 Å². The van der Waals surface area contributed by atoms with Crippen molar-refractivity contribution in [1.29, 1.82) is 0 Å². The maximum atomic E-state index is 6.16. The molecule has 0 radical (unpaired) electrons. The fourth-order valence-corrected chi connectivity index (χ4v) is 3.01. The lowest BCUT2D eigenvalue weighted by atomic mass is 10.2. The molecule has 0 atom stereocenters. The zero-order chi connectivity index (χ0) is 16.6. The standard InChI is InChI=1S/C15H13BrCl2N4O/c1-8-14(16)9(2)22(20-8)6-5-13-19-15(21-23-13)11-4-3-10(17)7-12(11)18/h3-4,7H,5-6H2,1-2H3. The number of hydrogen-bond acceptors (Lipinski definition) is 4. The van der Waals surface area contributed by atoms with E-state index in [1.807, 2.05) is 18.5 Å². The number of hydrogen-bond donors (Lipinski definition) is 0. The number of benzene rings is 1. The number of nitrogens with zero attached hydrogens (tertiary/aromatic N) is 4.